The number of sulfone groups is 1. The summed E-state index contributed by atoms with van der Waals surface area (Å²) in [4.78, 5) is 20.1. The number of hydrogen-bond donors (Lipinski definition) is 1. The number of hydrogen-bond acceptors (Lipinski definition) is 5. The Balaban J connectivity index is 2.01. The molecule has 0 radical (unpaired) electrons. The Morgan fingerprint density at radius 3 is 2.41 bits per heavy atom. The van der Waals surface area contributed by atoms with Crippen LogP contribution in [0.25, 0.3) is 0 Å². The first-order valence-corrected chi connectivity index (χ1v) is 8.94. The van der Waals surface area contributed by atoms with Gasteiger partial charge in [-0.2, -0.15) is 0 Å². The average Bonchev–Trinajstić information content (AvgIpc) is 2.50. The zero-order valence-corrected chi connectivity index (χ0v) is 14.2. The molecule has 1 heterocycles. The van der Waals surface area contributed by atoms with Gasteiger partial charge in [-0.25, -0.2) is 18.4 Å². The molecule has 1 N–H and O–H groups in total. The van der Waals surface area contributed by atoms with Gasteiger partial charge >= 0.3 is 0 Å². The van der Waals surface area contributed by atoms with Gasteiger partial charge in [-0.3, -0.25) is 4.79 Å². The summed E-state index contributed by atoms with van der Waals surface area (Å²) < 4.78 is 24.0. The smallest absolute Gasteiger partial charge is 0.229 e. The van der Waals surface area contributed by atoms with Gasteiger partial charge < -0.3 is 5.32 Å². The van der Waals surface area contributed by atoms with Crippen LogP contribution in [0.15, 0.2) is 46.2 Å². The van der Waals surface area contributed by atoms with Crippen molar-refractivity contribution in [1.82, 2.24) is 9.97 Å². The molecule has 6 nitrogen and oxygen atoms in total. The lowest BCUT2D eigenvalue weighted by molar-refractivity contribution is -0.115. The molecule has 0 atom stereocenters. The highest BCUT2D eigenvalue weighted by Gasteiger charge is 2.12. The molecule has 0 aliphatic carbocycles. The third-order valence-electron chi connectivity index (χ3n) is 2.92. The molecule has 1 aromatic heterocycles. The van der Waals surface area contributed by atoms with Crippen LogP contribution in [0, 0.1) is 0 Å². The number of carbonyl (C=O) groups is 1. The number of halogens is 1. The van der Waals surface area contributed by atoms with Crippen molar-refractivity contribution in [3.63, 3.8) is 0 Å². The molecule has 0 saturated carbocycles. The van der Waals surface area contributed by atoms with E-state index in [1.807, 2.05) is 0 Å². The van der Waals surface area contributed by atoms with Crippen LogP contribution in [0.5, 0.6) is 0 Å². The van der Waals surface area contributed by atoms with Crippen molar-refractivity contribution >= 4 is 37.5 Å². The van der Waals surface area contributed by atoms with Gasteiger partial charge in [0.25, 0.3) is 0 Å². The van der Waals surface area contributed by atoms with Crippen molar-refractivity contribution in [3.05, 3.63) is 46.8 Å². The fourth-order valence-electron chi connectivity index (χ4n) is 1.73. The van der Waals surface area contributed by atoms with E-state index in [0.29, 0.717) is 10.4 Å². The number of benzene rings is 1. The second-order valence-electron chi connectivity index (χ2n) is 4.50. The van der Waals surface area contributed by atoms with Gasteiger partial charge in [0.05, 0.1) is 29.5 Å². The number of carbonyl (C=O) groups excluding carboxylic acids is 1. The molecular formula is C14H14BrN3O3S. The lowest BCUT2D eigenvalue weighted by Gasteiger charge is -2.05. The Hall–Kier alpha value is -1.80. The maximum absolute atomic E-state index is 11.9. The molecule has 0 spiro atoms. The van der Waals surface area contributed by atoms with Crippen molar-refractivity contribution < 1.29 is 13.2 Å². The van der Waals surface area contributed by atoms with Crippen molar-refractivity contribution in [2.75, 3.05) is 11.1 Å². The minimum Gasteiger partial charge on any atom is -0.309 e. The topological polar surface area (TPSA) is 89.0 Å². The second kappa shape index (κ2) is 6.97. The number of rotatable bonds is 5. The Morgan fingerprint density at radius 2 is 1.86 bits per heavy atom. The number of aromatic nitrogens is 2. The zero-order valence-electron chi connectivity index (χ0n) is 11.8. The molecule has 0 bridgehead atoms. The highest BCUT2D eigenvalue weighted by atomic mass is 79.9. The Bertz CT molecular complexity index is 759. The molecule has 1 aromatic carbocycles. The lowest BCUT2D eigenvalue weighted by Crippen LogP contribution is -2.15. The first-order valence-electron chi connectivity index (χ1n) is 6.50. The molecule has 2 aromatic rings. The van der Waals surface area contributed by atoms with E-state index in [-0.39, 0.29) is 23.0 Å². The summed E-state index contributed by atoms with van der Waals surface area (Å²) in [7, 11) is -3.22. The van der Waals surface area contributed by atoms with Gasteiger partial charge in [0, 0.05) is 0 Å². The standard InChI is InChI=1S/C14H14BrN3O3S/c1-2-22(20,21)11-5-3-10(4-6-11)7-14(19)18-13-9-16-12(15)8-17-13/h3-6,8-9H,2,7H2,1H3,(H,17,18,19). The largest absolute Gasteiger partial charge is 0.309 e. The van der Waals surface area contributed by atoms with Crippen LogP contribution in [-0.4, -0.2) is 30.0 Å². The van der Waals surface area contributed by atoms with Gasteiger partial charge in [-0.05, 0) is 33.6 Å². The Morgan fingerprint density at radius 1 is 1.18 bits per heavy atom. The summed E-state index contributed by atoms with van der Waals surface area (Å²) in [5.74, 6) is 0.163. The fourth-order valence-corrected chi connectivity index (χ4v) is 2.82. The van der Waals surface area contributed by atoms with Crippen LogP contribution in [-0.2, 0) is 21.1 Å². The highest BCUT2D eigenvalue weighted by Crippen LogP contribution is 2.13. The van der Waals surface area contributed by atoms with Crippen LogP contribution in [0.1, 0.15) is 12.5 Å². The molecule has 116 valence electrons. The Labute approximate surface area is 137 Å². The molecule has 0 fully saturated rings. The van der Waals surface area contributed by atoms with Crippen molar-refractivity contribution in [2.45, 2.75) is 18.2 Å². The van der Waals surface area contributed by atoms with Crippen molar-refractivity contribution in [1.29, 1.82) is 0 Å². The predicted molar refractivity (Wildman–Crippen MR) is 86.2 cm³/mol. The summed E-state index contributed by atoms with van der Waals surface area (Å²) in [6, 6.07) is 6.30. The minimum atomic E-state index is -3.22. The van der Waals surface area contributed by atoms with Crippen LogP contribution >= 0.6 is 15.9 Å². The Kier molecular flexibility index (Phi) is 5.25. The monoisotopic (exact) mass is 383 g/mol. The third kappa shape index (κ3) is 4.35. The second-order valence-corrected chi connectivity index (χ2v) is 7.59. The molecular weight excluding hydrogens is 370 g/mol. The van der Waals surface area contributed by atoms with Crippen LogP contribution < -0.4 is 5.32 Å². The third-order valence-corrected chi connectivity index (χ3v) is 5.07. The van der Waals surface area contributed by atoms with E-state index in [9.17, 15) is 13.2 Å². The minimum absolute atomic E-state index is 0.0507. The van der Waals surface area contributed by atoms with E-state index in [1.54, 1.807) is 19.1 Å². The van der Waals surface area contributed by atoms with Gasteiger partial charge in [-0.1, -0.05) is 19.1 Å². The first kappa shape index (κ1) is 16.6. The van der Waals surface area contributed by atoms with E-state index in [0.717, 1.165) is 5.56 Å². The normalized spacial score (nSPS) is 11.2. The molecule has 0 saturated heterocycles. The quantitative estimate of drug-likeness (QED) is 0.854. The van der Waals surface area contributed by atoms with Crippen molar-refractivity contribution in [2.24, 2.45) is 0 Å². The zero-order chi connectivity index (χ0) is 16.2. The first-order chi connectivity index (χ1) is 10.4. The van der Waals surface area contributed by atoms with Crippen LogP contribution in [0.2, 0.25) is 0 Å². The van der Waals surface area contributed by atoms with Gasteiger partial charge in [0.1, 0.15) is 4.60 Å². The maximum atomic E-state index is 11.9. The number of nitrogens with zero attached hydrogens (tertiary/aromatic N) is 2. The highest BCUT2D eigenvalue weighted by molar-refractivity contribution is 9.10. The van der Waals surface area contributed by atoms with E-state index in [1.165, 1.54) is 24.5 Å². The van der Waals surface area contributed by atoms with Crippen LogP contribution in [0.4, 0.5) is 5.82 Å². The average molecular weight is 384 g/mol. The van der Waals surface area contributed by atoms with E-state index >= 15 is 0 Å². The summed E-state index contributed by atoms with van der Waals surface area (Å²) in [5, 5.41) is 2.62. The van der Waals surface area contributed by atoms with E-state index < -0.39 is 9.84 Å². The lowest BCUT2D eigenvalue weighted by atomic mass is 10.1. The summed E-state index contributed by atoms with van der Waals surface area (Å²) >= 11 is 3.16. The molecule has 2 rings (SSSR count). The summed E-state index contributed by atoms with van der Waals surface area (Å²) in [6.07, 6.45) is 3.06. The van der Waals surface area contributed by atoms with E-state index in [4.69, 9.17) is 0 Å². The van der Waals surface area contributed by atoms with Gasteiger partial charge in [0.15, 0.2) is 15.7 Å². The maximum Gasteiger partial charge on any atom is 0.229 e. The van der Waals surface area contributed by atoms with Crippen molar-refractivity contribution in [3.8, 4) is 0 Å². The molecule has 0 unspecified atom stereocenters. The number of amides is 1. The SMILES string of the molecule is CCS(=O)(=O)c1ccc(CC(=O)Nc2cnc(Br)cn2)cc1. The van der Waals surface area contributed by atoms with Crippen LogP contribution in [0.3, 0.4) is 0 Å². The van der Waals surface area contributed by atoms with E-state index in [2.05, 4.69) is 31.2 Å². The number of nitrogens with one attached hydrogen (secondary N) is 1. The number of anilines is 1. The fraction of sp³-hybridized carbons (Fsp3) is 0.214. The predicted octanol–water partition coefficient (Wildman–Crippen LogP) is 2.21. The molecule has 1 amide bonds. The summed E-state index contributed by atoms with van der Waals surface area (Å²) in [5.41, 5.74) is 0.720. The van der Waals surface area contributed by atoms with Gasteiger partial charge in [0.2, 0.25) is 5.91 Å². The molecule has 0 aliphatic rings. The molecule has 0 aliphatic heterocycles. The van der Waals surface area contributed by atoms with Gasteiger partial charge in [-0.15, -0.1) is 0 Å². The summed E-state index contributed by atoms with van der Waals surface area (Å²) in [6.45, 7) is 1.59. The molecule has 22 heavy (non-hydrogen) atoms. The molecule has 8 heteroatoms.